The van der Waals surface area contributed by atoms with Crippen LogP contribution in [0.1, 0.15) is 38.7 Å². The van der Waals surface area contributed by atoms with Crippen LogP contribution in [-0.2, 0) is 6.54 Å². The van der Waals surface area contributed by atoms with Gasteiger partial charge < -0.3 is 10.2 Å². The second-order valence-corrected chi connectivity index (χ2v) is 5.89. The molecule has 2 heterocycles. The molecule has 1 aliphatic carbocycles. The van der Waals surface area contributed by atoms with Gasteiger partial charge in [0.05, 0.1) is 0 Å². The molecular weight excluding hydrogens is 224 g/mol. The van der Waals surface area contributed by atoms with E-state index in [1.807, 2.05) is 12.4 Å². The highest BCUT2D eigenvalue weighted by atomic mass is 15.3. The van der Waals surface area contributed by atoms with E-state index in [9.17, 15) is 0 Å². The molecule has 3 rings (SSSR count). The molecule has 1 saturated carbocycles. The van der Waals surface area contributed by atoms with Gasteiger partial charge >= 0.3 is 0 Å². The van der Waals surface area contributed by atoms with Crippen molar-refractivity contribution in [1.82, 2.24) is 15.3 Å². The number of aromatic nitrogens is 2. The molecule has 18 heavy (non-hydrogen) atoms. The second-order valence-electron chi connectivity index (χ2n) is 5.89. The van der Waals surface area contributed by atoms with Crippen LogP contribution in [0.25, 0.3) is 0 Å². The summed E-state index contributed by atoms with van der Waals surface area (Å²) in [5, 5.41) is 3.48. The van der Waals surface area contributed by atoms with Crippen molar-refractivity contribution < 1.29 is 0 Å². The molecule has 0 aromatic carbocycles. The minimum atomic E-state index is 0.565. The lowest BCUT2D eigenvalue weighted by Gasteiger charge is -2.21. The van der Waals surface area contributed by atoms with Gasteiger partial charge in [-0.15, -0.1) is 0 Å². The van der Waals surface area contributed by atoms with Crippen molar-refractivity contribution in [2.75, 3.05) is 11.4 Å². The van der Waals surface area contributed by atoms with Crippen molar-refractivity contribution in [3.63, 3.8) is 0 Å². The Morgan fingerprint density at radius 3 is 2.56 bits per heavy atom. The predicted molar refractivity (Wildman–Crippen MR) is 72.5 cm³/mol. The Morgan fingerprint density at radius 2 is 2.00 bits per heavy atom. The lowest BCUT2D eigenvalue weighted by atomic mass is 10.1. The number of nitrogens with one attached hydrogen (secondary N) is 1. The smallest absolute Gasteiger partial charge is 0.225 e. The zero-order valence-corrected chi connectivity index (χ0v) is 11.3. The topological polar surface area (TPSA) is 41.1 Å². The maximum Gasteiger partial charge on any atom is 0.225 e. The van der Waals surface area contributed by atoms with Crippen LogP contribution in [0.4, 0.5) is 5.95 Å². The molecule has 1 aromatic heterocycles. The molecule has 0 spiro atoms. The second kappa shape index (κ2) is 4.84. The van der Waals surface area contributed by atoms with Crippen LogP contribution in [0, 0.1) is 5.92 Å². The Balaban J connectivity index is 1.62. The third-order valence-corrected chi connectivity index (χ3v) is 3.90. The molecule has 2 fully saturated rings. The van der Waals surface area contributed by atoms with Crippen molar-refractivity contribution in [2.24, 2.45) is 5.92 Å². The molecule has 1 N–H and O–H groups in total. The van der Waals surface area contributed by atoms with Gasteiger partial charge in [0.1, 0.15) is 0 Å². The Bertz CT molecular complexity index is 399. The van der Waals surface area contributed by atoms with E-state index in [-0.39, 0.29) is 0 Å². The van der Waals surface area contributed by atoms with E-state index >= 15 is 0 Å². The maximum atomic E-state index is 4.52. The van der Waals surface area contributed by atoms with Crippen LogP contribution in [0.15, 0.2) is 12.4 Å². The van der Waals surface area contributed by atoms with Crippen LogP contribution >= 0.6 is 0 Å². The average molecular weight is 246 g/mol. The fourth-order valence-electron chi connectivity index (χ4n) is 2.72. The summed E-state index contributed by atoms with van der Waals surface area (Å²) < 4.78 is 0. The molecule has 1 saturated heterocycles. The van der Waals surface area contributed by atoms with Crippen LogP contribution < -0.4 is 10.2 Å². The Labute approximate surface area is 109 Å². The van der Waals surface area contributed by atoms with E-state index in [4.69, 9.17) is 0 Å². The van der Waals surface area contributed by atoms with Gasteiger partial charge in [-0.2, -0.15) is 0 Å². The van der Waals surface area contributed by atoms with Gasteiger partial charge in [0.25, 0.3) is 0 Å². The van der Waals surface area contributed by atoms with Gasteiger partial charge in [0.15, 0.2) is 0 Å². The highest BCUT2D eigenvalue weighted by Gasteiger charge is 2.27. The Hall–Kier alpha value is -1.16. The third-order valence-electron chi connectivity index (χ3n) is 3.90. The number of hydrogen-bond donors (Lipinski definition) is 1. The average Bonchev–Trinajstić information content (AvgIpc) is 3.13. The quantitative estimate of drug-likeness (QED) is 0.882. The first kappa shape index (κ1) is 11.9. The molecule has 4 nitrogen and oxygen atoms in total. The Kier molecular flexibility index (Phi) is 3.20. The van der Waals surface area contributed by atoms with Crippen LogP contribution in [0.2, 0.25) is 0 Å². The molecule has 4 heteroatoms. The summed E-state index contributed by atoms with van der Waals surface area (Å²) >= 11 is 0. The van der Waals surface area contributed by atoms with Gasteiger partial charge in [-0.25, -0.2) is 9.97 Å². The van der Waals surface area contributed by atoms with Crippen LogP contribution in [0.5, 0.6) is 0 Å². The summed E-state index contributed by atoms with van der Waals surface area (Å²) in [7, 11) is 0. The predicted octanol–water partition coefficient (Wildman–Crippen LogP) is 1.96. The normalized spacial score (nSPS) is 27.8. The molecular formula is C14H22N4. The fourth-order valence-corrected chi connectivity index (χ4v) is 2.72. The summed E-state index contributed by atoms with van der Waals surface area (Å²) in [6, 6.07) is 1.31. The van der Waals surface area contributed by atoms with Crippen molar-refractivity contribution in [3.05, 3.63) is 18.0 Å². The molecule has 0 bridgehead atoms. The minimum Gasteiger partial charge on any atom is -0.338 e. The lowest BCUT2D eigenvalue weighted by molar-refractivity contribution is 0.624. The van der Waals surface area contributed by atoms with Crippen molar-refractivity contribution in [2.45, 2.75) is 51.7 Å². The third kappa shape index (κ3) is 2.64. The number of anilines is 1. The van der Waals surface area contributed by atoms with Crippen LogP contribution in [-0.4, -0.2) is 28.6 Å². The monoisotopic (exact) mass is 246 g/mol. The number of nitrogens with zero attached hydrogens (tertiary/aromatic N) is 3. The molecule has 2 atom stereocenters. The highest BCUT2D eigenvalue weighted by molar-refractivity contribution is 5.33. The van der Waals surface area contributed by atoms with Crippen molar-refractivity contribution in [3.8, 4) is 0 Å². The molecule has 0 amide bonds. The van der Waals surface area contributed by atoms with Crippen molar-refractivity contribution >= 4 is 5.95 Å². The molecule has 98 valence electrons. The van der Waals surface area contributed by atoms with E-state index in [1.54, 1.807) is 0 Å². The SMILES string of the molecule is CC1CC(C)N(c2ncc(CNC3CC3)cn2)C1. The first-order chi connectivity index (χ1) is 8.72. The maximum absolute atomic E-state index is 4.52. The van der Waals surface area contributed by atoms with Gasteiger partial charge in [-0.1, -0.05) is 6.92 Å². The van der Waals surface area contributed by atoms with Crippen molar-refractivity contribution in [1.29, 1.82) is 0 Å². The Morgan fingerprint density at radius 1 is 1.28 bits per heavy atom. The fraction of sp³-hybridized carbons (Fsp3) is 0.714. The summed E-state index contributed by atoms with van der Waals surface area (Å²) in [4.78, 5) is 11.4. The zero-order chi connectivity index (χ0) is 12.5. The molecule has 0 radical (unpaired) electrons. The minimum absolute atomic E-state index is 0.565. The van der Waals surface area contributed by atoms with E-state index < -0.39 is 0 Å². The molecule has 1 aliphatic heterocycles. The van der Waals surface area contributed by atoms with E-state index in [0.29, 0.717) is 6.04 Å². The number of rotatable bonds is 4. The largest absolute Gasteiger partial charge is 0.338 e. The summed E-state index contributed by atoms with van der Waals surface area (Å²) in [6.45, 7) is 6.54. The summed E-state index contributed by atoms with van der Waals surface area (Å²) in [5.74, 6) is 1.64. The molecule has 1 aromatic rings. The first-order valence-corrected chi connectivity index (χ1v) is 7.03. The summed E-state index contributed by atoms with van der Waals surface area (Å²) in [6.07, 6.45) is 7.82. The van der Waals surface area contributed by atoms with Gasteiger partial charge in [0, 0.05) is 43.1 Å². The number of hydrogen-bond acceptors (Lipinski definition) is 4. The highest BCUT2D eigenvalue weighted by Crippen LogP contribution is 2.25. The molecule has 2 unspecified atom stereocenters. The lowest BCUT2D eigenvalue weighted by Crippen LogP contribution is -2.28. The summed E-state index contributed by atoms with van der Waals surface area (Å²) in [5.41, 5.74) is 1.19. The standard InChI is InChI=1S/C14H22N4/c1-10-5-11(2)18(9-10)14-16-7-12(8-17-14)6-15-13-3-4-13/h7-8,10-11,13,15H,3-6,9H2,1-2H3. The van der Waals surface area contributed by atoms with Gasteiger partial charge in [0.2, 0.25) is 5.95 Å². The van der Waals surface area contributed by atoms with E-state index in [0.717, 1.165) is 31.0 Å². The van der Waals surface area contributed by atoms with Gasteiger partial charge in [-0.05, 0) is 32.1 Å². The van der Waals surface area contributed by atoms with E-state index in [1.165, 1.54) is 24.8 Å². The van der Waals surface area contributed by atoms with Gasteiger partial charge in [-0.3, -0.25) is 0 Å². The van der Waals surface area contributed by atoms with E-state index in [2.05, 4.69) is 34.0 Å². The first-order valence-electron chi connectivity index (χ1n) is 7.03. The van der Waals surface area contributed by atoms with Crippen LogP contribution in [0.3, 0.4) is 0 Å². The zero-order valence-electron chi connectivity index (χ0n) is 11.3. The molecule has 2 aliphatic rings.